The molecule has 0 unspecified atom stereocenters. The molecule has 6 heteroatoms. The van der Waals surface area contributed by atoms with Gasteiger partial charge < -0.3 is 9.26 Å². The first-order chi connectivity index (χ1) is 12.0. The standard InChI is InChI=1S/C19H17NO4S/c1-11-9-15(13(3)25-11)16(21)10-23-19(22)17-12(2)24-20-18(17)14-7-5-4-6-8-14/h4-9H,10H2,1-3H3. The average molecular weight is 355 g/mol. The van der Waals surface area contributed by atoms with Crippen molar-refractivity contribution in [3.8, 4) is 11.3 Å². The molecule has 0 aliphatic carbocycles. The minimum atomic E-state index is -0.615. The first kappa shape index (κ1) is 17.1. The third-order valence-corrected chi connectivity index (χ3v) is 4.76. The number of ketones is 1. The molecule has 0 bridgehead atoms. The molecule has 1 aromatic carbocycles. The van der Waals surface area contributed by atoms with E-state index < -0.39 is 5.97 Å². The van der Waals surface area contributed by atoms with Crippen LogP contribution in [0.25, 0.3) is 11.3 Å². The van der Waals surface area contributed by atoms with E-state index in [0.29, 0.717) is 17.0 Å². The highest BCUT2D eigenvalue weighted by Crippen LogP contribution is 2.26. The van der Waals surface area contributed by atoms with Crippen LogP contribution in [0.15, 0.2) is 40.9 Å². The van der Waals surface area contributed by atoms with Crippen LogP contribution in [0.4, 0.5) is 0 Å². The van der Waals surface area contributed by atoms with E-state index >= 15 is 0 Å². The smallest absolute Gasteiger partial charge is 0.344 e. The summed E-state index contributed by atoms with van der Waals surface area (Å²) in [7, 11) is 0. The number of aryl methyl sites for hydroxylation is 3. The van der Waals surface area contributed by atoms with E-state index in [4.69, 9.17) is 9.26 Å². The number of benzene rings is 1. The lowest BCUT2D eigenvalue weighted by Crippen LogP contribution is -2.15. The quantitative estimate of drug-likeness (QED) is 0.502. The molecule has 5 nitrogen and oxygen atoms in total. The Labute approximate surface area is 149 Å². The van der Waals surface area contributed by atoms with Crippen molar-refractivity contribution in [2.75, 3.05) is 6.61 Å². The Kier molecular flexibility index (Phi) is 4.81. The van der Waals surface area contributed by atoms with Crippen molar-refractivity contribution < 1.29 is 18.8 Å². The van der Waals surface area contributed by atoms with E-state index in [1.807, 2.05) is 50.2 Å². The van der Waals surface area contributed by atoms with Crippen LogP contribution in [0.1, 0.15) is 36.2 Å². The topological polar surface area (TPSA) is 69.4 Å². The number of carbonyl (C=O) groups excluding carboxylic acids is 2. The lowest BCUT2D eigenvalue weighted by atomic mass is 10.1. The Balaban J connectivity index is 1.77. The Morgan fingerprint density at radius 3 is 2.52 bits per heavy atom. The second-order valence-corrected chi connectivity index (χ2v) is 7.12. The lowest BCUT2D eigenvalue weighted by molar-refractivity contribution is 0.0473. The van der Waals surface area contributed by atoms with Crippen LogP contribution in [0.5, 0.6) is 0 Å². The number of carbonyl (C=O) groups is 2. The van der Waals surface area contributed by atoms with Crippen molar-refractivity contribution in [3.05, 3.63) is 63.0 Å². The van der Waals surface area contributed by atoms with Gasteiger partial charge in [-0.2, -0.15) is 0 Å². The highest BCUT2D eigenvalue weighted by Gasteiger charge is 2.24. The predicted octanol–water partition coefficient (Wildman–Crippen LogP) is 4.37. The van der Waals surface area contributed by atoms with Crippen molar-refractivity contribution in [2.24, 2.45) is 0 Å². The predicted molar refractivity (Wildman–Crippen MR) is 95.1 cm³/mol. The molecule has 128 valence electrons. The fourth-order valence-corrected chi connectivity index (χ4v) is 3.54. The van der Waals surface area contributed by atoms with Crippen LogP contribution in [0, 0.1) is 20.8 Å². The minimum absolute atomic E-state index is 0.217. The van der Waals surface area contributed by atoms with Crippen LogP contribution in [-0.2, 0) is 4.74 Å². The summed E-state index contributed by atoms with van der Waals surface area (Å²) >= 11 is 1.55. The monoisotopic (exact) mass is 355 g/mol. The Morgan fingerprint density at radius 1 is 1.16 bits per heavy atom. The van der Waals surface area contributed by atoms with E-state index in [1.54, 1.807) is 18.3 Å². The molecular weight excluding hydrogens is 338 g/mol. The van der Waals surface area contributed by atoms with E-state index in [0.717, 1.165) is 15.3 Å². The van der Waals surface area contributed by atoms with Gasteiger partial charge in [-0.1, -0.05) is 35.5 Å². The van der Waals surface area contributed by atoms with Gasteiger partial charge in [0.15, 0.2) is 6.61 Å². The summed E-state index contributed by atoms with van der Waals surface area (Å²) in [5.41, 5.74) is 2.01. The van der Waals surface area contributed by atoms with Gasteiger partial charge in [-0.3, -0.25) is 4.79 Å². The number of ether oxygens (including phenoxy) is 1. The third-order valence-electron chi connectivity index (χ3n) is 3.79. The van der Waals surface area contributed by atoms with Crippen molar-refractivity contribution in [1.29, 1.82) is 0 Å². The first-order valence-corrected chi connectivity index (χ1v) is 8.58. The molecule has 0 saturated heterocycles. The third kappa shape index (κ3) is 3.53. The highest BCUT2D eigenvalue weighted by molar-refractivity contribution is 7.12. The van der Waals surface area contributed by atoms with Crippen molar-refractivity contribution in [3.63, 3.8) is 0 Å². The number of esters is 1. The first-order valence-electron chi connectivity index (χ1n) is 7.76. The number of thiophene rings is 1. The summed E-state index contributed by atoms with van der Waals surface area (Å²) in [5, 5.41) is 3.95. The van der Waals surface area contributed by atoms with Gasteiger partial charge in [-0.25, -0.2) is 4.79 Å². The summed E-state index contributed by atoms with van der Waals surface area (Å²) in [6.07, 6.45) is 0. The fraction of sp³-hybridized carbons (Fsp3) is 0.211. The van der Waals surface area contributed by atoms with Crippen LogP contribution in [0.2, 0.25) is 0 Å². The van der Waals surface area contributed by atoms with Gasteiger partial charge in [-0.15, -0.1) is 11.3 Å². The van der Waals surface area contributed by atoms with Gasteiger partial charge in [0, 0.05) is 20.9 Å². The van der Waals surface area contributed by atoms with Crippen LogP contribution >= 0.6 is 11.3 Å². The van der Waals surface area contributed by atoms with E-state index in [1.165, 1.54) is 0 Å². The molecule has 0 aliphatic rings. The Morgan fingerprint density at radius 2 is 1.88 bits per heavy atom. The molecule has 0 fully saturated rings. The summed E-state index contributed by atoms with van der Waals surface area (Å²) in [6, 6.07) is 11.0. The second kappa shape index (κ2) is 7.03. The minimum Gasteiger partial charge on any atom is -0.454 e. The van der Waals surface area contributed by atoms with Gasteiger partial charge in [0.05, 0.1) is 0 Å². The molecule has 0 N–H and O–H groups in total. The molecule has 0 spiro atoms. The number of rotatable bonds is 5. The highest BCUT2D eigenvalue weighted by atomic mass is 32.1. The van der Waals surface area contributed by atoms with E-state index in [9.17, 15) is 9.59 Å². The molecular formula is C19H17NO4S. The van der Waals surface area contributed by atoms with E-state index in [2.05, 4.69) is 5.16 Å². The molecule has 0 amide bonds. The molecule has 0 saturated carbocycles. The summed E-state index contributed by atoms with van der Waals surface area (Å²) in [4.78, 5) is 26.7. The van der Waals surface area contributed by atoms with Gasteiger partial charge in [0.2, 0.25) is 5.78 Å². The zero-order chi connectivity index (χ0) is 18.0. The number of hydrogen-bond acceptors (Lipinski definition) is 6. The maximum absolute atomic E-state index is 12.5. The van der Waals surface area contributed by atoms with Crippen molar-refractivity contribution in [2.45, 2.75) is 20.8 Å². The summed E-state index contributed by atoms with van der Waals surface area (Å²) in [5.74, 6) is -0.472. The van der Waals surface area contributed by atoms with Crippen molar-refractivity contribution in [1.82, 2.24) is 5.16 Å². The van der Waals surface area contributed by atoms with E-state index in [-0.39, 0.29) is 18.0 Å². The van der Waals surface area contributed by atoms with Gasteiger partial charge in [-0.05, 0) is 26.8 Å². The zero-order valence-corrected chi connectivity index (χ0v) is 15.0. The number of Topliss-reactive ketones (excluding diaryl/α,β-unsaturated/α-hetero) is 1. The number of aromatic nitrogens is 1. The largest absolute Gasteiger partial charge is 0.454 e. The molecule has 25 heavy (non-hydrogen) atoms. The molecule has 0 atom stereocenters. The summed E-state index contributed by atoms with van der Waals surface area (Å²) in [6.45, 7) is 5.15. The van der Waals surface area contributed by atoms with Gasteiger partial charge in [0.1, 0.15) is 17.0 Å². The lowest BCUT2D eigenvalue weighted by Gasteiger charge is -2.05. The molecule has 0 radical (unpaired) electrons. The maximum atomic E-state index is 12.5. The molecule has 3 aromatic rings. The Hall–Kier alpha value is -2.73. The van der Waals surface area contributed by atoms with Crippen LogP contribution in [0.3, 0.4) is 0 Å². The normalized spacial score (nSPS) is 10.7. The summed E-state index contributed by atoms with van der Waals surface area (Å²) < 4.78 is 10.4. The SMILES string of the molecule is Cc1cc(C(=O)COC(=O)c2c(-c3ccccc3)noc2C)c(C)s1. The van der Waals surface area contributed by atoms with Crippen LogP contribution in [-0.4, -0.2) is 23.5 Å². The molecule has 3 rings (SSSR count). The maximum Gasteiger partial charge on any atom is 0.344 e. The fourth-order valence-electron chi connectivity index (χ4n) is 2.59. The van der Waals surface area contributed by atoms with Crippen LogP contribution < -0.4 is 0 Å². The zero-order valence-electron chi connectivity index (χ0n) is 14.2. The number of nitrogens with zero attached hydrogens (tertiary/aromatic N) is 1. The van der Waals surface area contributed by atoms with Gasteiger partial charge in [0.25, 0.3) is 0 Å². The van der Waals surface area contributed by atoms with Gasteiger partial charge >= 0.3 is 5.97 Å². The average Bonchev–Trinajstić information content (AvgIpc) is 3.15. The molecule has 0 aliphatic heterocycles. The second-order valence-electron chi connectivity index (χ2n) is 5.65. The molecule has 2 heterocycles. The molecule has 2 aromatic heterocycles. The number of hydrogen-bond donors (Lipinski definition) is 0. The van der Waals surface area contributed by atoms with Crippen molar-refractivity contribution >= 4 is 23.1 Å². The Bertz CT molecular complexity index is 924.